The molecule has 0 unspecified atom stereocenters. The van der Waals surface area contributed by atoms with Crippen LogP contribution in [0.15, 0.2) is 58.7 Å². The molecule has 0 radical (unpaired) electrons. The number of benzene rings is 2. The number of halogens is 1. The van der Waals surface area contributed by atoms with Crippen molar-refractivity contribution >= 4 is 33.9 Å². The number of hydrogen-bond donors (Lipinski definition) is 1. The van der Waals surface area contributed by atoms with Crippen molar-refractivity contribution in [2.24, 2.45) is 0 Å². The van der Waals surface area contributed by atoms with Crippen LogP contribution in [0.4, 0.5) is 4.79 Å². The molecule has 0 aliphatic carbocycles. The van der Waals surface area contributed by atoms with Crippen molar-refractivity contribution in [3.63, 3.8) is 0 Å². The highest BCUT2D eigenvalue weighted by Gasteiger charge is 2.33. The van der Waals surface area contributed by atoms with Gasteiger partial charge >= 0.3 is 6.03 Å². The van der Waals surface area contributed by atoms with Gasteiger partial charge in [-0.05, 0) is 41.5 Å². The van der Waals surface area contributed by atoms with E-state index in [1.54, 1.807) is 30.3 Å². The number of rotatable bonds is 5. The van der Waals surface area contributed by atoms with Gasteiger partial charge in [0.05, 0.1) is 6.54 Å². The van der Waals surface area contributed by atoms with Gasteiger partial charge < -0.3 is 10.1 Å². The van der Waals surface area contributed by atoms with Crippen LogP contribution in [-0.4, -0.2) is 23.4 Å². The molecule has 0 spiro atoms. The predicted octanol–water partition coefficient (Wildman–Crippen LogP) is 3.55. The summed E-state index contributed by atoms with van der Waals surface area (Å²) in [5.74, 6) is 2.68. The molecule has 1 fully saturated rings. The minimum absolute atomic E-state index is 0.194. The van der Waals surface area contributed by atoms with Crippen LogP contribution in [0.25, 0.3) is 6.08 Å². The van der Waals surface area contributed by atoms with Gasteiger partial charge in [-0.25, -0.2) is 4.79 Å². The lowest BCUT2D eigenvalue weighted by Crippen LogP contribution is -2.30. The Morgan fingerprint density at radius 1 is 1.12 bits per heavy atom. The van der Waals surface area contributed by atoms with Crippen molar-refractivity contribution < 1.29 is 14.3 Å². The first-order valence-corrected chi connectivity index (χ1v) is 8.61. The van der Waals surface area contributed by atoms with E-state index in [4.69, 9.17) is 11.2 Å². The monoisotopic (exact) mass is 410 g/mol. The number of hydrogen-bond acceptors (Lipinski definition) is 3. The first kappa shape index (κ1) is 17.8. The maximum Gasteiger partial charge on any atom is 0.329 e. The average molecular weight is 411 g/mol. The molecule has 3 amide bonds. The summed E-state index contributed by atoms with van der Waals surface area (Å²) in [5.41, 5.74) is 1.88. The molecule has 6 heteroatoms. The van der Waals surface area contributed by atoms with Gasteiger partial charge in [0, 0.05) is 4.47 Å². The van der Waals surface area contributed by atoms with Crippen LogP contribution in [0.2, 0.25) is 0 Å². The maximum atomic E-state index is 12.5. The predicted molar refractivity (Wildman–Crippen MR) is 102 cm³/mol. The molecule has 0 bridgehead atoms. The maximum absolute atomic E-state index is 12.5. The van der Waals surface area contributed by atoms with E-state index >= 15 is 0 Å². The number of terminal acetylenes is 1. The van der Waals surface area contributed by atoms with Crippen LogP contribution in [0.1, 0.15) is 11.1 Å². The zero-order valence-corrected chi connectivity index (χ0v) is 15.3. The fourth-order valence-electron chi connectivity index (χ4n) is 2.44. The largest absolute Gasteiger partial charge is 0.481 e. The number of amides is 3. The van der Waals surface area contributed by atoms with Gasteiger partial charge in [0.15, 0.2) is 0 Å². The molecule has 26 heavy (non-hydrogen) atoms. The lowest BCUT2D eigenvalue weighted by Gasteiger charge is -2.11. The SMILES string of the molecule is C#CCOc1ccc(/C=C2\NC(=O)N(Cc3ccc(Br)cc3)C2=O)cc1. The molecule has 2 aromatic rings. The van der Waals surface area contributed by atoms with E-state index in [2.05, 4.69) is 27.2 Å². The Hall–Kier alpha value is -3.04. The van der Waals surface area contributed by atoms with E-state index in [-0.39, 0.29) is 24.8 Å². The van der Waals surface area contributed by atoms with Crippen LogP contribution >= 0.6 is 15.9 Å². The molecule has 1 heterocycles. The molecule has 1 aliphatic rings. The smallest absolute Gasteiger partial charge is 0.329 e. The molecule has 5 nitrogen and oxygen atoms in total. The fourth-order valence-corrected chi connectivity index (χ4v) is 2.70. The van der Waals surface area contributed by atoms with E-state index in [1.165, 1.54) is 4.90 Å². The number of urea groups is 1. The molecule has 1 N–H and O–H groups in total. The quantitative estimate of drug-likeness (QED) is 0.465. The summed E-state index contributed by atoms with van der Waals surface area (Å²) >= 11 is 3.36. The summed E-state index contributed by atoms with van der Waals surface area (Å²) in [7, 11) is 0. The van der Waals surface area contributed by atoms with Crippen LogP contribution in [0.3, 0.4) is 0 Å². The Kier molecular flexibility index (Phi) is 5.40. The fraction of sp³-hybridized carbons (Fsp3) is 0.100. The van der Waals surface area contributed by atoms with Gasteiger partial charge in [-0.2, -0.15) is 0 Å². The second kappa shape index (κ2) is 7.89. The average Bonchev–Trinajstić information content (AvgIpc) is 2.90. The Morgan fingerprint density at radius 3 is 2.46 bits per heavy atom. The van der Waals surface area contributed by atoms with Gasteiger partial charge in [-0.15, -0.1) is 6.42 Å². The molecule has 3 rings (SSSR count). The summed E-state index contributed by atoms with van der Waals surface area (Å²) in [5, 5.41) is 2.61. The standard InChI is InChI=1S/C20H15BrN2O3/c1-2-11-26-17-9-5-14(6-10-17)12-18-19(24)23(20(25)22-18)13-15-3-7-16(21)8-4-15/h1,3-10,12H,11,13H2,(H,22,25)/b18-12-. The molecule has 0 saturated carbocycles. The highest BCUT2D eigenvalue weighted by atomic mass is 79.9. The number of nitrogens with one attached hydrogen (secondary N) is 1. The Morgan fingerprint density at radius 2 is 1.81 bits per heavy atom. The van der Waals surface area contributed by atoms with Crippen LogP contribution in [0.5, 0.6) is 5.75 Å². The Balaban J connectivity index is 1.72. The summed E-state index contributed by atoms with van der Waals surface area (Å²) in [6, 6.07) is 14.1. The number of imide groups is 1. The molecule has 1 aliphatic heterocycles. The molecular formula is C20H15BrN2O3. The highest BCUT2D eigenvalue weighted by molar-refractivity contribution is 9.10. The topological polar surface area (TPSA) is 58.6 Å². The zero-order valence-electron chi connectivity index (χ0n) is 13.7. The summed E-state index contributed by atoms with van der Waals surface area (Å²) < 4.78 is 6.24. The number of carbonyl (C=O) groups is 2. The Labute approximate surface area is 159 Å². The highest BCUT2D eigenvalue weighted by Crippen LogP contribution is 2.19. The van der Waals surface area contributed by atoms with Gasteiger partial charge in [-0.1, -0.05) is 46.1 Å². The van der Waals surface area contributed by atoms with E-state index < -0.39 is 6.03 Å². The number of ether oxygens (including phenoxy) is 1. The first-order valence-electron chi connectivity index (χ1n) is 7.82. The van der Waals surface area contributed by atoms with Crippen molar-refractivity contribution in [2.75, 3.05) is 6.61 Å². The van der Waals surface area contributed by atoms with Crippen LogP contribution in [0, 0.1) is 12.3 Å². The van der Waals surface area contributed by atoms with Gasteiger partial charge in [0.1, 0.15) is 18.1 Å². The second-order valence-corrected chi connectivity index (χ2v) is 6.48. The van der Waals surface area contributed by atoms with E-state index in [0.29, 0.717) is 5.75 Å². The van der Waals surface area contributed by atoms with Crippen molar-refractivity contribution in [2.45, 2.75) is 6.54 Å². The Bertz CT molecular complexity index is 896. The zero-order chi connectivity index (χ0) is 18.5. The van der Waals surface area contributed by atoms with E-state index in [9.17, 15) is 9.59 Å². The third kappa shape index (κ3) is 4.13. The molecule has 0 atom stereocenters. The second-order valence-electron chi connectivity index (χ2n) is 5.57. The van der Waals surface area contributed by atoms with Crippen molar-refractivity contribution in [1.82, 2.24) is 10.2 Å². The van der Waals surface area contributed by atoms with Crippen molar-refractivity contribution in [3.05, 3.63) is 69.8 Å². The molecule has 130 valence electrons. The number of nitrogens with zero attached hydrogens (tertiary/aromatic N) is 1. The molecule has 1 saturated heterocycles. The summed E-state index contributed by atoms with van der Waals surface area (Å²) in [4.78, 5) is 25.8. The van der Waals surface area contributed by atoms with E-state index in [0.717, 1.165) is 15.6 Å². The normalized spacial score (nSPS) is 15.1. The van der Waals surface area contributed by atoms with Crippen molar-refractivity contribution in [1.29, 1.82) is 0 Å². The third-order valence-electron chi connectivity index (χ3n) is 3.73. The van der Waals surface area contributed by atoms with Crippen molar-refractivity contribution in [3.8, 4) is 18.1 Å². The number of carbonyl (C=O) groups excluding carboxylic acids is 2. The first-order chi connectivity index (χ1) is 12.6. The van der Waals surface area contributed by atoms with Crippen LogP contribution < -0.4 is 10.1 Å². The van der Waals surface area contributed by atoms with Gasteiger partial charge in [0.25, 0.3) is 5.91 Å². The molecule has 2 aromatic carbocycles. The summed E-state index contributed by atoms with van der Waals surface area (Å²) in [6.07, 6.45) is 6.78. The molecular weight excluding hydrogens is 396 g/mol. The molecule has 0 aromatic heterocycles. The minimum Gasteiger partial charge on any atom is -0.481 e. The lowest BCUT2D eigenvalue weighted by molar-refractivity contribution is -0.123. The van der Waals surface area contributed by atoms with Crippen LogP contribution in [-0.2, 0) is 11.3 Å². The third-order valence-corrected chi connectivity index (χ3v) is 4.26. The lowest BCUT2D eigenvalue weighted by atomic mass is 10.1. The van der Waals surface area contributed by atoms with Gasteiger partial charge in [-0.3, -0.25) is 9.69 Å². The summed E-state index contributed by atoms with van der Waals surface area (Å²) in [6.45, 7) is 0.411. The van der Waals surface area contributed by atoms with Gasteiger partial charge in [0.2, 0.25) is 0 Å². The minimum atomic E-state index is -0.432. The van der Waals surface area contributed by atoms with E-state index in [1.807, 2.05) is 24.3 Å².